The third kappa shape index (κ3) is 2.84. The summed E-state index contributed by atoms with van der Waals surface area (Å²) in [5, 5.41) is 14.4. The number of nitrogens with one attached hydrogen (secondary N) is 1. The number of ether oxygens (including phenoxy) is 1. The van der Waals surface area contributed by atoms with Gasteiger partial charge in [-0.2, -0.15) is 0 Å². The molecule has 0 aliphatic heterocycles. The van der Waals surface area contributed by atoms with Crippen molar-refractivity contribution in [2.45, 2.75) is 32.8 Å². The van der Waals surface area contributed by atoms with Crippen LogP contribution in [0.1, 0.15) is 26.7 Å². The Morgan fingerprint density at radius 3 is 2.45 bits per heavy atom. The molecule has 0 bridgehead atoms. The predicted molar refractivity (Wildman–Crippen MR) is 75.9 cm³/mol. The molecule has 1 aliphatic rings. The Balaban J connectivity index is 2.02. The van der Waals surface area contributed by atoms with E-state index in [4.69, 9.17) is 15.7 Å². The molecule has 1 aromatic rings. The van der Waals surface area contributed by atoms with Crippen molar-refractivity contribution < 1.29 is 14.7 Å². The van der Waals surface area contributed by atoms with Gasteiger partial charge in [-0.3, -0.25) is 4.79 Å². The van der Waals surface area contributed by atoms with E-state index in [0.717, 1.165) is 5.75 Å². The number of carbonyl (C=O) groups is 1. The summed E-state index contributed by atoms with van der Waals surface area (Å²) in [7, 11) is 0. The molecule has 1 saturated carbocycles. The van der Waals surface area contributed by atoms with Crippen molar-refractivity contribution in [2.75, 3.05) is 5.32 Å². The fourth-order valence-electron chi connectivity index (χ4n) is 1.96. The van der Waals surface area contributed by atoms with Crippen LogP contribution in [0.5, 0.6) is 5.75 Å². The van der Waals surface area contributed by atoms with E-state index in [1.807, 2.05) is 13.8 Å². The van der Waals surface area contributed by atoms with Crippen LogP contribution in [0.3, 0.4) is 0 Å². The van der Waals surface area contributed by atoms with E-state index in [9.17, 15) is 4.79 Å². The number of amidine groups is 1. The van der Waals surface area contributed by atoms with Crippen LogP contribution in [0.2, 0.25) is 0 Å². The highest BCUT2D eigenvalue weighted by Gasteiger charge is 2.54. The molecule has 0 radical (unpaired) electrons. The van der Waals surface area contributed by atoms with Crippen LogP contribution >= 0.6 is 0 Å². The number of hydrogen-bond donors (Lipinski definition) is 3. The molecule has 6 heteroatoms. The van der Waals surface area contributed by atoms with Crippen molar-refractivity contribution in [3.8, 4) is 5.75 Å². The molecule has 1 fully saturated rings. The third-order valence-electron chi connectivity index (χ3n) is 3.27. The highest BCUT2D eigenvalue weighted by molar-refractivity contribution is 6.14. The first kappa shape index (κ1) is 14.2. The number of amides is 1. The van der Waals surface area contributed by atoms with Crippen LogP contribution in [0.4, 0.5) is 5.69 Å². The number of rotatable bonds is 5. The Morgan fingerprint density at radius 2 is 2.00 bits per heavy atom. The van der Waals surface area contributed by atoms with Gasteiger partial charge in [0.25, 0.3) is 0 Å². The van der Waals surface area contributed by atoms with E-state index in [1.54, 1.807) is 24.3 Å². The minimum atomic E-state index is -0.845. The molecule has 2 rings (SSSR count). The number of nitrogens with zero attached hydrogens (tertiary/aromatic N) is 1. The summed E-state index contributed by atoms with van der Waals surface area (Å²) in [6.45, 7) is 3.90. The molecule has 0 atom stereocenters. The summed E-state index contributed by atoms with van der Waals surface area (Å²) >= 11 is 0. The number of nitrogens with two attached hydrogens (primary N) is 1. The molecule has 20 heavy (non-hydrogen) atoms. The second-order valence-corrected chi connectivity index (χ2v) is 5.21. The summed E-state index contributed by atoms with van der Waals surface area (Å²) in [6.07, 6.45) is 1.30. The predicted octanol–water partition coefficient (Wildman–Crippen LogP) is 1.94. The summed E-state index contributed by atoms with van der Waals surface area (Å²) < 4.78 is 5.52. The van der Waals surface area contributed by atoms with Crippen molar-refractivity contribution in [1.29, 1.82) is 0 Å². The standard InChI is InChI=1S/C14H19N3O3/c1-9(2)20-11-5-3-10(4-6-11)16-13(18)14(7-8-14)12(15)17-19/h3-6,9,19H,7-8H2,1-2H3,(H2,15,17)(H,16,18). The van der Waals surface area contributed by atoms with Gasteiger partial charge in [0.1, 0.15) is 11.2 Å². The lowest BCUT2D eigenvalue weighted by atomic mass is 10.1. The SMILES string of the molecule is CC(C)Oc1ccc(NC(=O)C2(/C(N)=N/O)CC2)cc1. The first-order chi connectivity index (χ1) is 9.48. The zero-order valence-electron chi connectivity index (χ0n) is 11.6. The van der Waals surface area contributed by atoms with Crippen LogP contribution in [0.15, 0.2) is 29.4 Å². The molecular weight excluding hydrogens is 258 g/mol. The van der Waals surface area contributed by atoms with Gasteiger partial charge in [0.15, 0.2) is 5.84 Å². The highest BCUT2D eigenvalue weighted by Crippen LogP contribution is 2.46. The van der Waals surface area contributed by atoms with Gasteiger partial charge in [0.2, 0.25) is 5.91 Å². The maximum Gasteiger partial charge on any atom is 0.238 e. The number of oxime groups is 1. The van der Waals surface area contributed by atoms with E-state index in [2.05, 4.69) is 10.5 Å². The van der Waals surface area contributed by atoms with E-state index in [1.165, 1.54) is 0 Å². The Hall–Kier alpha value is -2.24. The lowest BCUT2D eigenvalue weighted by Gasteiger charge is -2.14. The molecule has 0 saturated heterocycles. The van der Waals surface area contributed by atoms with Crippen LogP contribution in [-0.2, 0) is 4.79 Å². The Morgan fingerprint density at radius 1 is 1.40 bits per heavy atom. The zero-order chi connectivity index (χ0) is 14.8. The van der Waals surface area contributed by atoms with Gasteiger partial charge >= 0.3 is 0 Å². The molecule has 0 aromatic heterocycles. The van der Waals surface area contributed by atoms with E-state index in [0.29, 0.717) is 18.5 Å². The first-order valence-corrected chi connectivity index (χ1v) is 6.54. The van der Waals surface area contributed by atoms with Crippen LogP contribution in [0, 0.1) is 5.41 Å². The second kappa shape index (κ2) is 5.40. The minimum Gasteiger partial charge on any atom is -0.491 e. The molecule has 0 unspecified atom stereocenters. The number of benzene rings is 1. The lowest BCUT2D eigenvalue weighted by molar-refractivity contribution is -0.119. The molecular formula is C14H19N3O3. The van der Waals surface area contributed by atoms with Gasteiger partial charge in [-0.1, -0.05) is 5.16 Å². The summed E-state index contributed by atoms with van der Waals surface area (Å²) in [5.74, 6) is 0.468. The fraction of sp³-hybridized carbons (Fsp3) is 0.429. The van der Waals surface area contributed by atoms with Gasteiger partial charge in [-0.05, 0) is 51.0 Å². The lowest BCUT2D eigenvalue weighted by Crippen LogP contribution is -2.36. The van der Waals surface area contributed by atoms with Crippen molar-refractivity contribution in [2.24, 2.45) is 16.3 Å². The zero-order valence-corrected chi connectivity index (χ0v) is 11.6. The van der Waals surface area contributed by atoms with Gasteiger partial charge in [0.05, 0.1) is 6.10 Å². The van der Waals surface area contributed by atoms with Crippen LogP contribution < -0.4 is 15.8 Å². The maximum atomic E-state index is 12.1. The summed E-state index contributed by atoms with van der Waals surface area (Å²) in [5.41, 5.74) is 5.38. The fourth-order valence-corrected chi connectivity index (χ4v) is 1.96. The molecule has 6 nitrogen and oxygen atoms in total. The second-order valence-electron chi connectivity index (χ2n) is 5.21. The van der Waals surface area contributed by atoms with Crippen molar-refractivity contribution >= 4 is 17.4 Å². The van der Waals surface area contributed by atoms with Gasteiger partial charge in [-0.25, -0.2) is 0 Å². The molecule has 1 amide bonds. The van der Waals surface area contributed by atoms with E-state index < -0.39 is 5.41 Å². The maximum absolute atomic E-state index is 12.1. The average Bonchev–Trinajstić information content (AvgIpc) is 3.21. The Kier molecular flexibility index (Phi) is 3.83. The molecule has 1 aliphatic carbocycles. The quantitative estimate of drug-likeness (QED) is 0.331. The normalized spacial score (nSPS) is 16.9. The van der Waals surface area contributed by atoms with E-state index in [-0.39, 0.29) is 17.8 Å². The average molecular weight is 277 g/mol. The van der Waals surface area contributed by atoms with Crippen LogP contribution in [0.25, 0.3) is 0 Å². The highest BCUT2D eigenvalue weighted by atomic mass is 16.5. The summed E-state index contributed by atoms with van der Waals surface area (Å²) in [4.78, 5) is 12.1. The smallest absolute Gasteiger partial charge is 0.238 e. The number of carbonyl (C=O) groups excluding carboxylic acids is 1. The van der Waals surface area contributed by atoms with Crippen LogP contribution in [-0.4, -0.2) is 23.1 Å². The molecule has 0 spiro atoms. The van der Waals surface area contributed by atoms with Crippen molar-refractivity contribution in [3.63, 3.8) is 0 Å². The molecule has 0 heterocycles. The van der Waals surface area contributed by atoms with Gasteiger partial charge in [0, 0.05) is 5.69 Å². The van der Waals surface area contributed by atoms with Crippen molar-refractivity contribution in [3.05, 3.63) is 24.3 Å². The van der Waals surface area contributed by atoms with Crippen molar-refractivity contribution in [1.82, 2.24) is 0 Å². The van der Waals surface area contributed by atoms with Gasteiger partial charge < -0.3 is 21.0 Å². The molecule has 108 valence electrons. The third-order valence-corrected chi connectivity index (χ3v) is 3.27. The van der Waals surface area contributed by atoms with E-state index >= 15 is 0 Å². The van der Waals surface area contributed by atoms with Gasteiger partial charge in [-0.15, -0.1) is 0 Å². The molecule has 4 N–H and O–H groups in total. The monoisotopic (exact) mass is 277 g/mol. The summed E-state index contributed by atoms with van der Waals surface area (Å²) in [6, 6.07) is 7.10. The largest absolute Gasteiger partial charge is 0.491 e. The Bertz CT molecular complexity index is 519. The topological polar surface area (TPSA) is 96.9 Å². The minimum absolute atomic E-state index is 0.0326. The number of anilines is 1. The Labute approximate surface area is 117 Å². The number of hydrogen-bond acceptors (Lipinski definition) is 4. The first-order valence-electron chi connectivity index (χ1n) is 6.54. The molecule has 1 aromatic carbocycles.